The summed E-state index contributed by atoms with van der Waals surface area (Å²) in [7, 11) is 1.30. The van der Waals surface area contributed by atoms with Crippen molar-refractivity contribution in [2.24, 2.45) is 0 Å². The van der Waals surface area contributed by atoms with Crippen LogP contribution in [0.5, 0.6) is 0 Å². The van der Waals surface area contributed by atoms with Gasteiger partial charge in [-0.15, -0.1) is 12.4 Å². The molecule has 2 aromatic rings. The maximum atomic E-state index is 13.0. The predicted octanol–water partition coefficient (Wildman–Crippen LogP) is 2.47. The number of benzene rings is 2. The number of carbonyl (C=O) groups is 1. The van der Waals surface area contributed by atoms with Crippen LogP contribution in [0.2, 0.25) is 0 Å². The summed E-state index contributed by atoms with van der Waals surface area (Å²) in [5, 5.41) is 0. The van der Waals surface area contributed by atoms with Crippen LogP contribution in [0.3, 0.4) is 0 Å². The topological polar surface area (TPSA) is 70.2 Å². The highest BCUT2D eigenvalue weighted by Gasteiger charge is 2.27. The quantitative estimate of drug-likeness (QED) is 0.626. The zero-order valence-corrected chi connectivity index (χ0v) is 19.1. The lowest BCUT2D eigenvalue weighted by Gasteiger charge is -2.35. The van der Waals surface area contributed by atoms with Gasteiger partial charge in [0.2, 0.25) is 10.0 Å². The van der Waals surface area contributed by atoms with Crippen LogP contribution in [0, 0.1) is 0 Å². The molecule has 2 aromatic carbocycles. The first-order valence-corrected chi connectivity index (χ1v) is 10.9. The molecule has 30 heavy (non-hydrogen) atoms. The minimum absolute atomic E-state index is 0. The third-order valence-corrected chi connectivity index (χ3v) is 6.86. The molecule has 164 valence electrons. The van der Waals surface area contributed by atoms with Gasteiger partial charge in [-0.3, -0.25) is 0 Å². The lowest BCUT2D eigenvalue weighted by Crippen LogP contribution is -2.45. The number of halogens is 1. The molecule has 0 aliphatic carbocycles. The Morgan fingerprint density at radius 2 is 1.67 bits per heavy atom. The van der Waals surface area contributed by atoms with E-state index in [0.717, 1.165) is 31.7 Å². The second kappa shape index (κ2) is 10.3. The number of carbonyl (C=O) groups excluding carboxylic acids is 1. The van der Waals surface area contributed by atoms with E-state index in [4.69, 9.17) is 4.74 Å². The summed E-state index contributed by atoms with van der Waals surface area (Å²) in [4.78, 5) is 16.9. The molecular formula is C21H28ClN3O4S. The van der Waals surface area contributed by atoms with Gasteiger partial charge in [0.05, 0.1) is 11.3 Å². The standard InChI is InChI=1S/C21H27N3O4S.ClH/c1-22(2)29(26,27)20-15-18(21(25)28-16-17-7-5-4-6-8-17)9-10-19(20)24-13-11-23(3)12-14-24;/h4-10,15H,11-14,16H2,1-3H3;1H. The molecule has 7 nitrogen and oxygen atoms in total. The van der Waals surface area contributed by atoms with E-state index in [2.05, 4.69) is 9.80 Å². The molecular weight excluding hydrogens is 426 g/mol. The second-order valence-corrected chi connectivity index (χ2v) is 9.44. The molecule has 1 fully saturated rings. The van der Waals surface area contributed by atoms with Crippen molar-refractivity contribution in [3.63, 3.8) is 0 Å². The predicted molar refractivity (Wildman–Crippen MR) is 120 cm³/mol. The number of hydrogen-bond acceptors (Lipinski definition) is 6. The Morgan fingerprint density at radius 1 is 1.03 bits per heavy atom. The van der Waals surface area contributed by atoms with Crippen LogP contribution in [0.4, 0.5) is 5.69 Å². The van der Waals surface area contributed by atoms with Gasteiger partial charge in [0.1, 0.15) is 11.5 Å². The molecule has 0 amide bonds. The number of anilines is 1. The molecule has 0 saturated carbocycles. The van der Waals surface area contributed by atoms with Crippen molar-refractivity contribution < 1.29 is 17.9 Å². The number of esters is 1. The zero-order chi connectivity index (χ0) is 21.0. The van der Waals surface area contributed by atoms with Gasteiger partial charge in [0, 0.05) is 40.3 Å². The third-order valence-electron chi connectivity index (χ3n) is 5.01. The van der Waals surface area contributed by atoms with Gasteiger partial charge in [0.15, 0.2) is 0 Å². The average molecular weight is 454 g/mol. The van der Waals surface area contributed by atoms with Crippen LogP contribution in [-0.4, -0.2) is 70.9 Å². The molecule has 1 aliphatic heterocycles. The molecule has 9 heteroatoms. The van der Waals surface area contributed by atoms with Gasteiger partial charge in [0.25, 0.3) is 0 Å². The zero-order valence-electron chi connectivity index (χ0n) is 17.4. The molecule has 0 aromatic heterocycles. The highest BCUT2D eigenvalue weighted by atomic mass is 35.5. The van der Waals surface area contributed by atoms with Crippen LogP contribution in [0.15, 0.2) is 53.4 Å². The van der Waals surface area contributed by atoms with Gasteiger partial charge in [-0.25, -0.2) is 17.5 Å². The molecule has 1 heterocycles. The lowest BCUT2D eigenvalue weighted by molar-refractivity contribution is 0.0472. The maximum Gasteiger partial charge on any atom is 0.338 e. The van der Waals surface area contributed by atoms with Gasteiger partial charge in [-0.2, -0.15) is 0 Å². The molecule has 0 radical (unpaired) electrons. The molecule has 0 bridgehead atoms. The van der Waals surface area contributed by atoms with E-state index in [9.17, 15) is 13.2 Å². The van der Waals surface area contributed by atoms with Crippen LogP contribution < -0.4 is 4.90 Å². The Morgan fingerprint density at radius 3 is 2.27 bits per heavy atom. The Bertz CT molecular complexity index is 959. The maximum absolute atomic E-state index is 13.0. The van der Waals surface area contributed by atoms with Gasteiger partial charge in [-0.1, -0.05) is 30.3 Å². The molecule has 1 aliphatic rings. The summed E-state index contributed by atoms with van der Waals surface area (Å²) in [6.07, 6.45) is 0. The molecule has 3 rings (SSSR count). The monoisotopic (exact) mass is 453 g/mol. The number of hydrogen-bond donors (Lipinski definition) is 0. The van der Waals surface area contributed by atoms with E-state index in [1.54, 1.807) is 12.1 Å². The minimum Gasteiger partial charge on any atom is -0.457 e. The van der Waals surface area contributed by atoms with E-state index in [-0.39, 0.29) is 29.5 Å². The van der Waals surface area contributed by atoms with Crippen LogP contribution in [0.1, 0.15) is 15.9 Å². The highest BCUT2D eigenvalue weighted by Crippen LogP contribution is 2.29. The molecule has 0 unspecified atom stereocenters. The van der Waals surface area contributed by atoms with Gasteiger partial charge in [-0.05, 0) is 30.8 Å². The van der Waals surface area contributed by atoms with E-state index < -0.39 is 16.0 Å². The molecule has 0 atom stereocenters. The smallest absolute Gasteiger partial charge is 0.338 e. The van der Waals surface area contributed by atoms with E-state index in [0.29, 0.717) is 5.69 Å². The Hall–Kier alpha value is -2.13. The van der Waals surface area contributed by atoms with E-state index in [1.807, 2.05) is 37.4 Å². The Kier molecular flexibility index (Phi) is 8.25. The van der Waals surface area contributed by atoms with Crippen LogP contribution >= 0.6 is 12.4 Å². The lowest BCUT2D eigenvalue weighted by atomic mass is 10.1. The fourth-order valence-electron chi connectivity index (χ4n) is 3.16. The summed E-state index contributed by atoms with van der Waals surface area (Å²) in [5.41, 5.74) is 1.71. The van der Waals surface area contributed by atoms with Crippen molar-refractivity contribution in [1.82, 2.24) is 9.21 Å². The number of ether oxygens (including phenoxy) is 1. The summed E-state index contributed by atoms with van der Waals surface area (Å²) < 4.78 is 32.4. The minimum atomic E-state index is -3.72. The number of likely N-dealkylation sites (N-methyl/N-ethyl adjacent to an activating group) is 1. The third kappa shape index (κ3) is 5.51. The van der Waals surface area contributed by atoms with Crippen molar-refractivity contribution >= 4 is 34.1 Å². The Balaban J connectivity index is 0.00000320. The van der Waals surface area contributed by atoms with Crippen molar-refractivity contribution in [3.05, 3.63) is 59.7 Å². The number of piperazine rings is 1. The van der Waals surface area contributed by atoms with Crippen molar-refractivity contribution in [3.8, 4) is 0 Å². The Labute approximate surface area is 184 Å². The largest absolute Gasteiger partial charge is 0.457 e. The van der Waals surface area contributed by atoms with E-state index >= 15 is 0 Å². The van der Waals surface area contributed by atoms with Crippen molar-refractivity contribution in [1.29, 1.82) is 0 Å². The second-order valence-electron chi connectivity index (χ2n) is 7.32. The summed E-state index contributed by atoms with van der Waals surface area (Å²) >= 11 is 0. The first kappa shape index (κ1) is 24.1. The van der Waals surface area contributed by atoms with Crippen LogP contribution in [0.25, 0.3) is 0 Å². The van der Waals surface area contributed by atoms with Gasteiger partial charge >= 0.3 is 5.97 Å². The SMILES string of the molecule is CN1CCN(c2ccc(C(=O)OCc3ccccc3)cc2S(=O)(=O)N(C)C)CC1.Cl. The van der Waals surface area contributed by atoms with Crippen molar-refractivity contribution in [2.75, 3.05) is 52.2 Å². The molecule has 0 N–H and O–H groups in total. The van der Waals surface area contributed by atoms with Crippen molar-refractivity contribution in [2.45, 2.75) is 11.5 Å². The average Bonchev–Trinajstić information content (AvgIpc) is 2.73. The fourth-order valence-corrected chi connectivity index (χ4v) is 4.29. The normalized spacial score (nSPS) is 15.0. The highest BCUT2D eigenvalue weighted by molar-refractivity contribution is 7.89. The van der Waals surface area contributed by atoms with Crippen LogP contribution in [-0.2, 0) is 21.4 Å². The first-order valence-electron chi connectivity index (χ1n) is 9.50. The number of nitrogens with zero attached hydrogens (tertiary/aromatic N) is 3. The molecule has 0 spiro atoms. The fraction of sp³-hybridized carbons (Fsp3) is 0.381. The summed E-state index contributed by atoms with van der Waals surface area (Å²) in [6, 6.07) is 14.1. The molecule has 1 saturated heterocycles. The first-order chi connectivity index (χ1) is 13.8. The van der Waals surface area contributed by atoms with E-state index in [1.165, 1.54) is 24.5 Å². The summed E-state index contributed by atoms with van der Waals surface area (Å²) in [6.45, 7) is 3.29. The number of rotatable bonds is 6. The number of sulfonamides is 1. The van der Waals surface area contributed by atoms with Gasteiger partial charge < -0.3 is 14.5 Å². The summed E-state index contributed by atoms with van der Waals surface area (Å²) in [5.74, 6) is -0.547.